The standard InChI is InChI=1S/C28H39NO6/c1-5-8-9-11-15(7-3)20-22(27(32)29-26(20)31)25-21-17(10-6-2)24(35-25)23(30)18-13-16(28(33)34)12-14(4)19(18)21/h6-7,10,14-21,23-24,30H,3,5,8-9,11-13H2,1-2,4H3,(H,33,34)(H,29,31,32). The minimum atomic E-state index is -0.835. The molecule has 2 bridgehead atoms. The molecule has 2 aliphatic heterocycles. The number of hydrogen-bond acceptors (Lipinski definition) is 5. The molecule has 0 aromatic carbocycles. The molecule has 35 heavy (non-hydrogen) atoms. The Kier molecular flexibility index (Phi) is 7.55. The summed E-state index contributed by atoms with van der Waals surface area (Å²) >= 11 is 0. The van der Waals surface area contributed by atoms with E-state index in [9.17, 15) is 24.6 Å². The number of unbranched alkanes of at least 4 members (excludes halogenated alkanes) is 2. The molecule has 3 N–H and O–H groups in total. The lowest BCUT2D eigenvalue weighted by Crippen LogP contribution is -2.53. The van der Waals surface area contributed by atoms with E-state index in [2.05, 4.69) is 18.8 Å². The Morgan fingerprint density at radius 1 is 1.29 bits per heavy atom. The van der Waals surface area contributed by atoms with Crippen molar-refractivity contribution in [3.63, 3.8) is 0 Å². The molecule has 192 valence electrons. The Labute approximate surface area is 207 Å². The topological polar surface area (TPSA) is 113 Å². The summed E-state index contributed by atoms with van der Waals surface area (Å²) in [6.07, 6.45) is 9.08. The zero-order valence-corrected chi connectivity index (χ0v) is 21.0. The molecule has 0 spiro atoms. The quantitative estimate of drug-likeness (QED) is 0.208. The molecular formula is C28H39NO6. The highest BCUT2D eigenvalue weighted by Gasteiger charge is 2.62. The number of aliphatic hydroxyl groups excluding tert-OH is 1. The Balaban J connectivity index is 1.79. The summed E-state index contributed by atoms with van der Waals surface area (Å²) in [5.41, 5.74) is 0.388. The minimum absolute atomic E-state index is 0.0267. The van der Waals surface area contributed by atoms with Gasteiger partial charge >= 0.3 is 5.97 Å². The zero-order chi connectivity index (χ0) is 25.4. The van der Waals surface area contributed by atoms with Crippen molar-refractivity contribution in [2.24, 2.45) is 47.3 Å². The van der Waals surface area contributed by atoms with E-state index in [1.807, 2.05) is 26.0 Å². The van der Waals surface area contributed by atoms with Crippen molar-refractivity contribution < 1.29 is 29.3 Å². The number of carbonyl (C=O) groups is 3. The Morgan fingerprint density at radius 3 is 2.66 bits per heavy atom. The number of nitrogens with one attached hydrogen (secondary N) is 1. The predicted molar refractivity (Wildman–Crippen MR) is 131 cm³/mol. The van der Waals surface area contributed by atoms with Gasteiger partial charge in [0.15, 0.2) is 0 Å². The maximum Gasteiger partial charge on any atom is 0.306 e. The summed E-state index contributed by atoms with van der Waals surface area (Å²) in [5.74, 6) is -2.90. The fourth-order valence-corrected chi connectivity index (χ4v) is 7.40. The number of carboxylic acids is 1. The molecule has 7 nitrogen and oxygen atoms in total. The minimum Gasteiger partial charge on any atom is -0.491 e. The normalized spacial score (nSPS) is 41.4. The second-order valence-corrected chi connectivity index (χ2v) is 10.9. The van der Waals surface area contributed by atoms with Gasteiger partial charge in [-0.3, -0.25) is 19.7 Å². The number of ether oxygens (including phenoxy) is 1. The van der Waals surface area contributed by atoms with Gasteiger partial charge in [0, 0.05) is 11.8 Å². The molecule has 2 saturated carbocycles. The van der Waals surface area contributed by atoms with Crippen LogP contribution in [0.2, 0.25) is 0 Å². The van der Waals surface area contributed by atoms with E-state index in [0.29, 0.717) is 24.2 Å². The Morgan fingerprint density at radius 2 is 2.03 bits per heavy atom. The molecule has 0 aromatic rings. The van der Waals surface area contributed by atoms with Crippen molar-refractivity contribution in [1.29, 1.82) is 0 Å². The highest BCUT2D eigenvalue weighted by molar-refractivity contribution is 6.15. The van der Waals surface area contributed by atoms with E-state index in [0.717, 1.165) is 25.7 Å². The maximum absolute atomic E-state index is 13.2. The fraction of sp³-hybridized carbons (Fsp3) is 0.679. The maximum atomic E-state index is 13.2. The number of imide groups is 1. The van der Waals surface area contributed by atoms with Gasteiger partial charge in [-0.2, -0.15) is 0 Å². The number of amides is 2. The molecule has 2 saturated heterocycles. The van der Waals surface area contributed by atoms with Gasteiger partial charge in [-0.25, -0.2) is 0 Å². The van der Waals surface area contributed by atoms with Gasteiger partial charge < -0.3 is 14.9 Å². The molecule has 0 radical (unpaired) electrons. The Bertz CT molecular complexity index is 938. The lowest BCUT2D eigenvalue weighted by atomic mass is 9.54. The monoisotopic (exact) mass is 485 g/mol. The third-order valence-electron chi connectivity index (χ3n) is 8.89. The third kappa shape index (κ3) is 4.37. The van der Waals surface area contributed by atoms with E-state index in [1.165, 1.54) is 0 Å². The second-order valence-electron chi connectivity index (χ2n) is 10.9. The summed E-state index contributed by atoms with van der Waals surface area (Å²) in [7, 11) is 0. The first-order valence-electron chi connectivity index (χ1n) is 13.2. The van der Waals surface area contributed by atoms with Crippen LogP contribution in [0.3, 0.4) is 0 Å². The number of aliphatic carboxylic acids is 1. The van der Waals surface area contributed by atoms with Crippen LogP contribution in [0.1, 0.15) is 59.3 Å². The number of hydrogen-bond donors (Lipinski definition) is 3. The summed E-state index contributed by atoms with van der Waals surface area (Å²) < 4.78 is 6.44. The van der Waals surface area contributed by atoms with Crippen LogP contribution in [-0.2, 0) is 19.1 Å². The number of carboxylic acid groups (broad SMARTS) is 1. The van der Waals surface area contributed by atoms with Gasteiger partial charge in [0.25, 0.3) is 5.91 Å². The molecule has 4 aliphatic rings. The van der Waals surface area contributed by atoms with Crippen molar-refractivity contribution in [1.82, 2.24) is 5.32 Å². The number of allylic oxidation sites excluding steroid dienone is 3. The van der Waals surface area contributed by atoms with Crippen LogP contribution in [0.25, 0.3) is 0 Å². The van der Waals surface area contributed by atoms with Crippen LogP contribution < -0.4 is 5.32 Å². The van der Waals surface area contributed by atoms with E-state index in [4.69, 9.17) is 4.74 Å². The summed E-state index contributed by atoms with van der Waals surface area (Å²) in [5, 5.41) is 23.6. The molecule has 10 unspecified atom stereocenters. The second kappa shape index (κ2) is 10.3. The van der Waals surface area contributed by atoms with Crippen molar-refractivity contribution in [3.8, 4) is 0 Å². The molecule has 2 heterocycles. The molecule has 0 aromatic heterocycles. The molecule has 2 aliphatic carbocycles. The van der Waals surface area contributed by atoms with Crippen LogP contribution >= 0.6 is 0 Å². The SMILES string of the molecule is C=CC(CCCCC)C1C(=O)NC(=O)C1=C1OC2C(O)C3CC(C(=O)O)CC(C)C3C1C2C=CC. The van der Waals surface area contributed by atoms with E-state index >= 15 is 0 Å². The third-order valence-corrected chi connectivity index (χ3v) is 8.89. The summed E-state index contributed by atoms with van der Waals surface area (Å²) in [6, 6.07) is 0. The molecule has 4 fully saturated rings. The molecule has 10 atom stereocenters. The van der Waals surface area contributed by atoms with Crippen molar-refractivity contribution >= 4 is 17.8 Å². The van der Waals surface area contributed by atoms with Crippen molar-refractivity contribution in [3.05, 3.63) is 36.1 Å². The molecule has 4 rings (SSSR count). The largest absolute Gasteiger partial charge is 0.491 e. The van der Waals surface area contributed by atoms with Gasteiger partial charge in [-0.1, -0.05) is 51.3 Å². The van der Waals surface area contributed by atoms with Crippen LogP contribution in [0.15, 0.2) is 36.1 Å². The number of aliphatic hydroxyl groups is 1. The average Bonchev–Trinajstić information content (AvgIpc) is 3.27. The lowest BCUT2D eigenvalue weighted by Gasteiger charge is -2.49. The van der Waals surface area contributed by atoms with Crippen molar-refractivity contribution in [2.75, 3.05) is 0 Å². The smallest absolute Gasteiger partial charge is 0.306 e. The van der Waals surface area contributed by atoms with Gasteiger partial charge in [0.1, 0.15) is 11.9 Å². The first-order chi connectivity index (χ1) is 16.7. The van der Waals surface area contributed by atoms with E-state index in [1.54, 1.807) is 6.08 Å². The average molecular weight is 486 g/mol. The highest BCUT2D eigenvalue weighted by Crippen LogP contribution is 2.59. The van der Waals surface area contributed by atoms with E-state index < -0.39 is 35.9 Å². The zero-order valence-electron chi connectivity index (χ0n) is 21.0. The first-order valence-corrected chi connectivity index (χ1v) is 13.2. The predicted octanol–water partition coefficient (Wildman–Crippen LogP) is 3.84. The highest BCUT2D eigenvalue weighted by atomic mass is 16.5. The van der Waals surface area contributed by atoms with E-state index in [-0.39, 0.29) is 41.4 Å². The van der Waals surface area contributed by atoms with Gasteiger partial charge in [0.05, 0.1) is 23.5 Å². The van der Waals surface area contributed by atoms with Crippen LogP contribution in [0.5, 0.6) is 0 Å². The molecule has 2 amide bonds. The number of fused-ring (bicyclic) bond motifs is 4. The van der Waals surface area contributed by atoms with Crippen molar-refractivity contribution in [2.45, 2.75) is 71.5 Å². The molecular weight excluding hydrogens is 446 g/mol. The first kappa shape index (κ1) is 25.7. The fourth-order valence-electron chi connectivity index (χ4n) is 7.40. The molecule has 7 heteroatoms. The summed E-state index contributed by atoms with van der Waals surface area (Å²) in [6.45, 7) is 10.1. The number of rotatable bonds is 8. The van der Waals surface area contributed by atoms with Crippen LogP contribution in [0.4, 0.5) is 0 Å². The number of carbonyl (C=O) groups excluding carboxylic acids is 2. The van der Waals surface area contributed by atoms with Crippen LogP contribution in [-0.4, -0.2) is 40.2 Å². The van der Waals surface area contributed by atoms with Gasteiger partial charge in [-0.05, 0) is 49.9 Å². The van der Waals surface area contributed by atoms with Gasteiger partial charge in [0.2, 0.25) is 5.91 Å². The van der Waals surface area contributed by atoms with Gasteiger partial charge in [-0.15, -0.1) is 6.58 Å². The summed E-state index contributed by atoms with van der Waals surface area (Å²) in [4.78, 5) is 38.0. The Hall–Kier alpha value is -2.41. The lowest BCUT2D eigenvalue weighted by molar-refractivity contribution is -0.150. The van der Waals surface area contributed by atoms with Crippen LogP contribution in [0, 0.1) is 47.3 Å².